The van der Waals surface area contributed by atoms with Gasteiger partial charge in [-0.2, -0.15) is 4.31 Å². The zero-order valence-electron chi connectivity index (χ0n) is 15.7. The van der Waals surface area contributed by atoms with Crippen molar-refractivity contribution >= 4 is 43.7 Å². The quantitative estimate of drug-likeness (QED) is 0.615. The molecule has 0 unspecified atom stereocenters. The molecule has 0 aliphatic carbocycles. The van der Waals surface area contributed by atoms with Gasteiger partial charge in [-0.15, -0.1) is 22.7 Å². The van der Waals surface area contributed by atoms with Crippen LogP contribution in [0.25, 0.3) is 10.6 Å². The van der Waals surface area contributed by atoms with Crippen molar-refractivity contribution in [2.24, 2.45) is 0 Å². The highest BCUT2D eigenvalue weighted by molar-refractivity contribution is 7.89. The summed E-state index contributed by atoms with van der Waals surface area (Å²) < 4.78 is 27.2. The molecular weight excluding hydrogens is 426 g/mol. The Balaban J connectivity index is 1.45. The number of hydrogen-bond acceptors (Lipinski definition) is 6. The van der Waals surface area contributed by atoms with E-state index in [0.717, 1.165) is 36.3 Å². The highest BCUT2D eigenvalue weighted by Crippen LogP contribution is 2.28. The fourth-order valence-electron chi connectivity index (χ4n) is 3.25. The highest BCUT2D eigenvalue weighted by Gasteiger charge is 2.25. The standard InChI is InChI=1S/C20H21N3O3S3/c24-19(22-20-21-17(14-28-20)18-6-5-13-27-18)15-7-9-16(10-8-15)29(25,26)23-11-3-1-2-4-12-23/h5-10,13-14H,1-4,11-12H2,(H,21,22,24). The summed E-state index contributed by atoms with van der Waals surface area (Å²) in [6.45, 7) is 1.11. The third-order valence-electron chi connectivity index (χ3n) is 4.82. The predicted molar refractivity (Wildman–Crippen MR) is 117 cm³/mol. The number of thiophene rings is 1. The van der Waals surface area contributed by atoms with Crippen molar-refractivity contribution in [2.75, 3.05) is 18.4 Å². The first-order chi connectivity index (χ1) is 14.0. The first-order valence-corrected chi connectivity index (χ1v) is 12.6. The number of hydrogen-bond donors (Lipinski definition) is 1. The molecule has 1 aliphatic heterocycles. The Morgan fingerprint density at radius 2 is 1.72 bits per heavy atom. The van der Waals surface area contributed by atoms with Crippen molar-refractivity contribution in [3.63, 3.8) is 0 Å². The number of thiazole rings is 1. The monoisotopic (exact) mass is 447 g/mol. The summed E-state index contributed by atoms with van der Waals surface area (Å²) in [5.74, 6) is -0.309. The summed E-state index contributed by atoms with van der Waals surface area (Å²) in [6.07, 6.45) is 3.91. The van der Waals surface area contributed by atoms with Gasteiger partial charge in [-0.05, 0) is 48.6 Å². The van der Waals surface area contributed by atoms with Crippen LogP contribution in [-0.2, 0) is 10.0 Å². The zero-order chi connectivity index (χ0) is 20.3. The van der Waals surface area contributed by atoms with Crippen LogP contribution in [0.1, 0.15) is 36.0 Å². The van der Waals surface area contributed by atoms with Crippen LogP contribution in [0.2, 0.25) is 0 Å². The molecule has 1 N–H and O–H groups in total. The molecule has 1 aromatic carbocycles. The molecule has 1 aliphatic rings. The second kappa shape index (κ2) is 8.74. The molecule has 0 atom stereocenters. The first kappa shape index (κ1) is 20.2. The summed E-state index contributed by atoms with van der Waals surface area (Å²) in [7, 11) is -3.52. The fraction of sp³-hybridized carbons (Fsp3) is 0.300. The van der Waals surface area contributed by atoms with E-state index in [-0.39, 0.29) is 10.8 Å². The third kappa shape index (κ3) is 4.58. The second-order valence-corrected chi connectivity index (χ2v) is 10.6. The van der Waals surface area contributed by atoms with Crippen LogP contribution in [-0.4, -0.2) is 36.7 Å². The van der Waals surface area contributed by atoms with Gasteiger partial charge < -0.3 is 0 Å². The summed E-state index contributed by atoms with van der Waals surface area (Å²) in [5.41, 5.74) is 1.23. The van der Waals surface area contributed by atoms with Gasteiger partial charge in [0, 0.05) is 24.0 Å². The minimum Gasteiger partial charge on any atom is -0.298 e. The summed E-state index contributed by atoms with van der Waals surface area (Å²) in [6, 6.07) is 10.1. The van der Waals surface area contributed by atoms with Gasteiger partial charge in [-0.3, -0.25) is 10.1 Å². The Bertz CT molecular complexity index is 1070. The topological polar surface area (TPSA) is 79.4 Å². The van der Waals surface area contributed by atoms with Crippen LogP contribution in [0, 0.1) is 0 Å². The molecular formula is C20H21N3O3S3. The molecule has 9 heteroatoms. The molecule has 3 heterocycles. The molecule has 29 heavy (non-hydrogen) atoms. The zero-order valence-corrected chi connectivity index (χ0v) is 18.2. The van der Waals surface area contributed by atoms with Crippen molar-refractivity contribution in [1.29, 1.82) is 0 Å². The number of rotatable bonds is 5. The third-order valence-corrected chi connectivity index (χ3v) is 8.38. The van der Waals surface area contributed by atoms with Gasteiger partial charge in [0.1, 0.15) is 0 Å². The largest absolute Gasteiger partial charge is 0.298 e. The molecule has 3 aromatic rings. The van der Waals surface area contributed by atoms with E-state index in [9.17, 15) is 13.2 Å². The Kier molecular flexibility index (Phi) is 6.09. The number of carbonyl (C=O) groups excluding carboxylic acids is 1. The first-order valence-electron chi connectivity index (χ1n) is 9.45. The molecule has 4 rings (SSSR count). The van der Waals surface area contributed by atoms with Gasteiger partial charge in [0.2, 0.25) is 10.0 Å². The number of carbonyl (C=O) groups is 1. The van der Waals surface area contributed by atoms with Gasteiger partial charge in [0.15, 0.2) is 5.13 Å². The maximum absolute atomic E-state index is 12.8. The van der Waals surface area contributed by atoms with Crippen LogP contribution in [0.5, 0.6) is 0 Å². The molecule has 0 radical (unpaired) electrons. The van der Waals surface area contributed by atoms with E-state index < -0.39 is 10.0 Å². The number of aromatic nitrogens is 1. The maximum atomic E-state index is 12.8. The maximum Gasteiger partial charge on any atom is 0.257 e. The Hall–Kier alpha value is -2.07. The molecule has 6 nitrogen and oxygen atoms in total. The van der Waals surface area contributed by atoms with Crippen LogP contribution in [0.4, 0.5) is 5.13 Å². The lowest BCUT2D eigenvalue weighted by molar-refractivity contribution is 0.102. The van der Waals surface area contributed by atoms with Crippen molar-refractivity contribution in [3.8, 4) is 10.6 Å². The van der Waals surface area contributed by atoms with E-state index in [1.807, 2.05) is 22.9 Å². The summed E-state index contributed by atoms with van der Waals surface area (Å²) in [5, 5.41) is 7.18. The van der Waals surface area contributed by atoms with E-state index in [2.05, 4.69) is 10.3 Å². The molecule has 0 saturated carbocycles. The average Bonchev–Trinajstić information content (AvgIpc) is 3.34. The minimum absolute atomic E-state index is 0.227. The lowest BCUT2D eigenvalue weighted by Crippen LogP contribution is -2.31. The number of amides is 1. The minimum atomic E-state index is -3.52. The number of nitrogens with zero attached hydrogens (tertiary/aromatic N) is 2. The van der Waals surface area contributed by atoms with Crippen LogP contribution >= 0.6 is 22.7 Å². The SMILES string of the molecule is O=C(Nc1nc(-c2cccs2)cs1)c1ccc(S(=O)(=O)N2CCCCCC2)cc1. The van der Waals surface area contributed by atoms with Crippen molar-refractivity contribution in [3.05, 3.63) is 52.7 Å². The van der Waals surface area contributed by atoms with Crippen LogP contribution in [0.15, 0.2) is 52.1 Å². The van der Waals surface area contributed by atoms with Gasteiger partial charge in [0.05, 0.1) is 15.5 Å². The fourth-order valence-corrected chi connectivity index (χ4v) is 6.23. The molecule has 1 saturated heterocycles. The number of nitrogens with one attached hydrogen (secondary N) is 1. The molecule has 2 aromatic heterocycles. The molecule has 0 bridgehead atoms. The number of benzene rings is 1. The normalized spacial score (nSPS) is 15.7. The molecule has 1 fully saturated rings. The van der Waals surface area contributed by atoms with E-state index in [1.54, 1.807) is 27.8 Å². The Labute approximate surface area is 178 Å². The number of anilines is 1. The lowest BCUT2D eigenvalue weighted by Gasteiger charge is -2.20. The van der Waals surface area contributed by atoms with Crippen LogP contribution < -0.4 is 5.32 Å². The molecule has 1 amide bonds. The van der Waals surface area contributed by atoms with Gasteiger partial charge in [-0.25, -0.2) is 13.4 Å². The summed E-state index contributed by atoms with van der Waals surface area (Å²) >= 11 is 2.95. The van der Waals surface area contributed by atoms with E-state index >= 15 is 0 Å². The van der Waals surface area contributed by atoms with E-state index in [0.29, 0.717) is 23.8 Å². The van der Waals surface area contributed by atoms with Gasteiger partial charge in [0.25, 0.3) is 5.91 Å². The average molecular weight is 448 g/mol. The highest BCUT2D eigenvalue weighted by atomic mass is 32.2. The van der Waals surface area contributed by atoms with Gasteiger partial charge >= 0.3 is 0 Å². The summed E-state index contributed by atoms with van der Waals surface area (Å²) in [4.78, 5) is 18.2. The Morgan fingerprint density at radius 1 is 1.00 bits per heavy atom. The Morgan fingerprint density at radius 3 is 2.38 bits per heavy atom. The van der Waals surface area contributed by atoms with E-state index in [1.165, 1.54) is 23.5 Å². The smallest absolute Gasteiger partial charge is 0.257 e. The molecule has 152 valence electrons. The molecule has 0 spiro atoms. The van der Waals surface area contributed by atoms with Crippen molar-refractivity contribution in [1.82, 2.24) is 9.29 Å². The second-order valence-electron chi connectivity index (χ2n) is 6.81. The lowest BCUT2D eigenvalue weighted by atomic mass is 10.2. The number of sulfonamides is 1. The van der Waals surface area contributed by atoms with E-state index in [4.69, 9.17) is 0 Å². The van der Waals surface area contributed by atoms with Crippen LogP contribution in [0.3, 0.4) is 0 Å². The predicted octanol–water partition coefficient (Wildman–Crippen LogP) is 4.69. The van der Waals surface area contributed by atoms with Crippen molar-refractivity contribution in [2.45, 2.75) is 30.6 Å². The van der Waals surface area contributed by atoms with Gasteiger partial charge in [-0.1, -0.05) is 18.9 Å². The van der Waals surface area contributed by atoms with Crippen molar-refractivity contribution < 1.29 is 13.2 Å².